The lowest BCUT2D eigenvalue weighted by Gasteiger charge is -2.19. The van der Waals surface area contributed by atoms with Crippen molar-refractivity contribution in [2.24, 2.45) is 0 Å². The van der Waals surface area contributed by atoms with Gasteiger partial charge in [0.25, 0.3) is 0 Å². The highest BCUT2D eigenvalue weighted by Crippen LogP contribution is 2.36. The standard InChI is InChI=1S/C8H8BrNO2/c9-5-3-8-6(4-7(5)11)10-1-2-12-8/h3-4,10-11H,1-2H2. The van der Waals surface area contributed by atoms with E-state index >= 15 is 0 Å². The number of anilines is 1. The molecule has 2 rings (SSSR count). The summed E-state index contributed by atoms with van der Waals surface area (Å²) in [5.41, 5.74) is 0.849. The lowest BCUT2D eigenvalue weighted by molar-refractivity contribution is 0.322. The maximum Gasteiger partial charge on any atom is 0.143 e. The van der Waals surface area contributed by atoms with Gasteiger partial charge in [0.2, 0.25) is 0 Å². The molecule has 1 aromatic carbocycles. The molecule has 2 N–H and O–H groups in total. The number of halogens is 1. The molecule has 1 aliphatic rings. The van der Waals surface area contributed by atoms with Gasteiger partial charge in [0.15, 0.2) is 0 Å². The number of hydrogen-bond donors (Lipinski definition) is 2. The number of aromatic hydroxyl groups is 1. The number of benzene rings is 1. The summed E-state index contributed by atoms with van der Waals surface area (Å²) in [6.07, 6.45) is 0. The predicted molar refractivity (Wildman–Crippen MR) is 49.8 cm³/mol. The SMILES string of the molecule is Oc1cc2c(cc1Br)OCCN2. The Hall–Kier alpha value is -0.900. The van der Waals surface area contributed by atoms with Crippen molar-refractivity contribution in [1.29, 1.82) is 0 Å². The smallest absolute Gasteiger partial charge is 0.143 e. The quantitative estimate of drug-likeness (QED) is 0.715. The summed E-state index contributed by atoms with van der Waals surface area (Å²) >= 11 is 3.22. The van der Waals surface area contributed by atoms with E-state index in [9.17, 15) is 5.11 Å². The Morgan fingerprint density at radius 1 is 1.50 bits per heavy atom. The van der Waals surface area contributed by atoms with E-state index in [0.29, 0.717) is 11.1 Å². The van der Waals surface area contributed by atoms with Gasteiger partial charge in [-0.05, 0) is 15.9 Å². The number of rotatable bonds is 0. The largest absolute Gasteiger partial charge is 0.507 e. The Bertz CT molecular complexity index is 283. The number of hydrogen-bond acceptors (Lipinski definition) is 3. The van der Waals surface area contributed by atoms with Crippen LogP contribution in [0.1, 0.15) is 0 Å². The van der Waals surface area contributed by atoms with Crippen molar-refractivity contribution in [3.05, 3.63) is 16.6 Å². The molecule has 0 atom stereocenters. The molecular formula is C8H8BrNO2. The van der Waals surface area contributed by atoms with Crippen LogP contribution < -0.4 is 10.1 Å². The number of fused-ring (bicyclic) bond motifs is 1. The van der Waals surface area contributed by atoms with Crippen LogP contribution >= 0.6 is 15.9 Å². The molecule has 3 nitrogen and oxygen atoms in total. The summed E-state index contributed by atoms with van der Waals surface area (Å²) in [6, 6.07) is 3.41. The van der Waals surface area contributed by atoms with Crippen LogP contribution in [-0.2, 0) is 0 Å². The summed E-state index contributed by atoms with van der Waals surface area (Å²) in [7, 11) is 0. The first-order valence-electron chi connectivity index (χ1n) is 3.66. The van der Waals surface area contributed by atoms with Gasteiger partial charge in [-0.2, -0.15) is 0 Å². The molecule has 1 heterocycles. The van der Waals surface area contributed by atoms with Gasteiger partial charge >= 0.3 is 0 Å². The lowest BCUT2D eigenvalue weighted by Crippen LogP contribution is -2.17. The fourth-order valence-electron chi connectivity index (χ4n) is 1.15. The van der Waals surface area contributed by atoms with Crippen LogP contribution in [0, 0.1) is 0 Å². The summed E-state index contributed by atoms with van der Waals surface area (Å²) in [5.74, 6) is 1.01. The Morgan fingerprint density at radius 2 is 2.33 bits per heavy atom. The van der Waals surface area contributed by atoms with Crippen LogP contribution in [0.15, 0.2) is 16.6 Å². The van der Waals surface area contributed by atoms with Gasteiger partial charge in [0.05, 0.1) is 10.2 Å². The van der Waals surface area contributed by atoms with Crippen LogP contribution in [0.5, 0.6) is 11.5 Å². The zero-order valence-electron chi connectivity index (χ0n) is 6.30. The highest BCUT2D eigenvalue weighted by Gasteiger charge is 2.11. The number of ether oxygens (including phenoxy) is 1. The van der Waals surface area contributed by atoms with Gasteiger partial charge in [-0.15, -0.1) is 0 Å². The molecule has 0 radical (unpaired) electrons. The lowest BCUT2D eigenvalue weighted by atomic mass is 10.2. The number of phenols is 1. The van der Waals surface area contributed by atoms with Crippen molar-refractivity contribution in [1.82, 2.24) is 0 Å². The topological polar surface area (TPSA) is 41.5 Å². The molecule has 1 aromatic rings. The van der Waals surface area contributed by atoms with E-state index in [2.05, 4.69) is 21.2 Å². The van der Waals surface area contributed by atoms with Crippen LogP contribution in [0.4, 0.5) is 5.69 Å². The maximum atomic E-state index is 9.33. The monoisotopic (exact) mass is 229 g/mol. The number of nitrogens with one attached hydrogen (secondary N) is 1. The molecular weight excluding hydrogens is 222 g/mol. The van der Waals surface area contributed by atoms with Gasteiger partial charge in [0, 0.05) is 18.7 Å². The summed E-state index contributed by atoms with van der Waals surface area (Å²) < 4.78 is 6.01. The fourth-order valence-corrected chi connectivity index (χ4v) is 1.47. The van der Waals surface area contributed by atoms with Crippen molar-refractivity contribution in [2.75, 3.05) is 18.5 Å². The molecule has 0 amide bonds. The third-order valence-corrected chi connectivity index (χ3v) is 2.36. The minimum absolute atomic E-state index is 0.228. The molecule has 1 aliphatic heterocycles. The Labute approximate surface area is 78.5 Å². The normalized spacial score (nSPS) is 14.4. The van der Waals surface area contributed by atoms with Gasteiger partial charge < -0.3 is 15.2 Å². The molecule has 0 saturated heterocycles. The van der Waals surface area contributed by atoms with E-state index in [4.69, 9.17) is 4.74 Å². The first kappa shape index (κ1) is 7.73. The molecule has 0 fully saturated rings. The molecule has 0 unspecified atom stereocenters. The second-order valence-electron chi connectivity index (χ2n) is 2.58. The minimum atomic E-state index is 0.228. The first-order valence-corrected chi connectivity index (χ1v) is 4.46. The fraction of sp³-hybridized carbons (Fsp3) is 0.250. The molecule has 4 heteroatoms. The van der Waals surface area contributed by atoms with Crippen molar-refractivity contribution in [3.63, 3.8) is 0 Å². The van der Waals surface area contributed by atoms with E-state index in [1.165, 1.54) is 0 Å². The summed E-state index contributed by atoms with van der Waals surface area (Å²) in [4.78, 5) is 0. The van der Waals surface area contributed by atoms with E-state index in [0.717, 1.165) is 18.0 Å². The van der Waals surface area contributed by atoms with Crippen molar-refractivity contribution < 1.29 is 9.84 Å². The second kappa shape index (κ2) is 2.86. The highest BCUT2D eigenvalue weighted by molar-refractivity contribution is 9.10. The van der Waals surface area contributed by atoms with Crippen molar-refractivity contribution >= 4 is 21.6 Å². The maximum absolute atomic E-state index is 9.33. The van der Waals surface area contributed by atoms with E-state index in [1.807, 2.05) is 0 Å². The van der Waals surface area contributed by atoms with Crippen LogP contribution in [0.2, 0.25) is 0 Å². The van der Waals surface area contributed by atoms with Crippen LogP contribution in [0.25, 0.3) is 0 Å². The van der Waals surface area contributed by atoms with E-state index in [-0.39, 0.29) is 5.75 Å². The van der Waals surface area contributed by atoms with Crippen LogP contribution in [-0.4, -0.2) is 18.3 Å². The molecule has 0 aliphatic carbocycles. The summed E-state index contributed by atoms with van der Waals surface area (Å²) in [6.45, 7) is 1.46. The summed E-state index contributed by atoms with van der Waals surface area (Å²) in [5, 5.41) is 12.5. The average Bonchev–Trinajstić information content (AvgIpc) is 2.07. The Morgan fingerprint density at radius 3 is 3.17 bits per heavy atom. The van der Waals surface area contributed by atoms with E-state index in [1.54, 1.807) is 12.1 Å². The van der Waals surface area contributed by atoms with Gasteiger partial charge in [-0.3, -0.25) is 0 Å². The van der Waals surface area contributed by atoms with Gasteiger partial charge in [-0.25, -0.2) is 0 Å². The Kier molecular flexibility index (Phi) is 1.84. The van der Waals surface area contributed by atoms with Crippen LogP contribution in [0.3, 0.4) is 0 Å². The molecule has 0 aromatic heterocycles. The molecule has 0 spiro atoms. The third-order valence-electron chi connectivity index (χ3n) is 1.72. The van der Waals surface area contributed by atoms with E-state index < -0.39 is 0 Å². The highest BCUT2D eigenvalue weighted by atomic mass is 79.9. The number of phenolic OH excluding ortho intramolecular Hbond substituents is 1. The Balaban J connectivity index is 2.49. The van der Waals surface area contributed by atoms with Crippen molar-refractivity contribution in [3.8, 4) is 11.5 Å². The average molecular weight is 230 g/mol. The van der Waals surface area contributed by atoms with Crippen molar-refractivity contribution in [2.45, 2.75) is 0 Å². The second-order valence-corrected chi connectivity index (χ2v) is 3.43. The molecule has 12 heavy (non-hydrogen) atoms. The third kappa shape index (κ3) is 1.22. The minimum Gasteiger partial charge on any atom is -0.507 e. The molecule has 64 valence electrons. The predicted octanol–water partition coefficient (Wildman–Crippen LogP) is 1.96. The first-order chi connectivity index (χ1) is 5.77. The molecule has 0 bridgehead atoms. The van der Waals surface area contributed by atoms with Gasteiger partial charge in [0.1, 0.15) is 18.1 Å². The zero-order chi connectivity index (χ0) is 8.55. The molecule has 0 saturated carbocycles. The van der Waals surface area contributed by atoms with Gasteiger partial charge in [-0.1, -0.05) is 0 Å². The zero-order valence-corrected chi connectivity index (χ0v) is 7.89.